The van der Waals surface area contributed by atoms with Crippen molar-refractivity contribution in [3.8, 4) is 28.4 Å². The molecule has 43 heavy (non-hydrogen) atoms. The Kier molecular flexibility index (Phi) is 11.8. The van der Waals surface area contributed by atoms with E-state index in [1.807, 2.05) is 26.0 Å². The Morgan fingerprint density at radius 2 is 1.72 bits per heavy atom. The Labute approximate surface area is 252 Å². The molecule has 2 aromatic carbocycles. The molecule has 11 heteroatoms. The van der Waals surface area contributed by atoms with Crippen molar-refractivity contribution in [1.29, 1.82) is 0 Å². The van der Waals surface area contributed by atoms with Gasteiger partial charge in [0.15, 0.2) is 11.5 Å². The number of aryl methyl sites for hydroxylation is 1. The van der Waals surface area contributed by atoms with E-state index in [0.717, 1.165) is 16.7 Å². The summed E-state index contributed by atoms with van der Waals surface area (Å²) in [5, 5.41) is 8.89. The van der Waals surface area contributed by atoms with Crippen LogP contribution in [0.1, 0.15) is 63.6 Å². The SMILES string of the molecule is COC(=O)C(CC(C)C)NC(=O)CCCNc1ccc2c(cc1=O)C(NC(C)=O)CCc1cc(OC)c(OC)c(OC)c1-2. The number of carbonyl (C=O) groups excluding carboxylic acids is 3. The summed E-state index contributed by atoms with van der Waals surface area (Å²) >= 11 is 0. The van der Waals surface area contributed by atoms with Crippen LogP contribution in [0.3, 0.4) is 0 Å². The molecule has 0 aliphatic heterocycles. The number of nitrogens with one attached hydrogen (secondary N) is 3. The summed E-state index contributed by atoms with van der Waals surface area (Å²) < 4.78 is 21.8. The van der Waals surface area contributed by atoms with Gasteiger partial charge in [-0.15, -0.1) is 0 Å². The van der Waals surface area contributed by atoms with Crippen molar-refractivity contribution < 1.29 is 33.3 Å². The third-order valence-electron chi connectivity index (χ3n) is 7.34. The molecule has 0 fully saturated rings. The minimum absolute atomic E-state index is 0.166. The number of ether oxygens (including phenoxy) is 4. The third-order valence-corrected chi connectivity index (χ3v) is 7.34. The fourth-order valence-corrected chi connectivity index (χ4v) is 5.42. The third kappa shape index (κ3) is 8.18. The number of rotatable bonds is 13. The highest BCUT2D eigenvalue weighted by Crippen LogP contribution is 2.50. The van der Waals surface area contributed by atoms with Gasteiger partial charge in [0.25, 0.3) is 0 Å². The minimum Gasteiger partial charge on any atom is -0.493 e. The zero-order valence-electron chi connectivity index (χ0n) is 26.1. The molecule has 234 valence electrons. The Hall–Kier alpha value is -4.28. The van der Waals surface area contributed by atoms with E-state index in [2.05, 4.69) is 16.0 Å². The maximum absolute atomic E-state index is 13.4. The van der Waals surface area contributed by atoms with E-state index in [1.54, 1.807) is 26.4 Å². The summed E-state index contributed by atoms with van der Waals surface area (Å²) in [5.41, 5.74) is 3.19. The normalized spacial score (nSPS) is 14.4. The molecular formula is C32H43N3O8. The number of anilines is 1. The zero-order valence-corrected chi connectivity index (χ0v) is 26.1. The molecule has 11 nitrogen and oxygen atoms in total. The fraction of sp³-hybridized carbons (Fsp3) is 0.500. The van der Waals surface area contributed by atoms with Crippen LogP contribution < -0.4 is 35.6 Å². The lowest BCUT2D eigenvalue weighted by atomic mass is 9.95. The Balaban J connectivity index is 1.90. The number of amides is 2. The van der Waals surface area contributed by atoms with Gasteiger partial charge in [-0.2, -0.15) is 0 Å². The van der Waals surface area contributed by atoms with Gasteiger partial charge in [-0.25, -0.2) is 4.79 Å². The number of fused-ring (bicyclic) bond motifs is 3. The quantitative estimate of drug-likeness (QED) is 0.232. The Morgan fingerprint density at radius 1 is 1.00 bits per heavy atom. The zero-order chi connectivity index (χ0) is 31.7. The molecule has 0 saturated carbocycles. The van der Waals surface area contributed by atoms with Gasteiger partial charge in [-0.1, -0.05) is 19.9 Å². The summed E-state index contributed by atoms with van der Waals surface area (Å²) in [6, 6.07) is 5.88. The highest BCUT2D eigenvalue weighted by atomic mass is 16.5. The molecule has 0 spiro atoms. The maximum Gasteiger partial charge on any atom is 0.328 e. The number of methoxy groups -OCH3 is 4. The molecule has 3 N–H and O–H groups in total. The van der Waals surface area contributed by atoms with Crippen LogP contribution in [-0.4, -0.2) is 58.8 Å². The first kappa shape index (κ1) is 33.2. The average Bonchev–Trinajstić information content (AvgIpc) is 3.21. The van der Waals surface area contributed by atoms with E-state index >= 15 is 0 Å². The summed E-state index contributed by atoms with van der Waals surface area (Å²) in [5.74, 6) is 0.690. The van der Waals surface area contributed by atoms with Crippen LogP contribution in [0.5, 0.6) is 17.2 Å². The van der Waals surface area contributed by atoms with Gasteiger partial charge in [-0.05, 0) is 66.5 Å². The second kappa shape index (κ2) is 15.3. The molecule has 0 saturated heterocycles. The monoisotopic (exact) mass is 597 g/mol. The second-order valence-corrected chi connectivity index (χ2v) is 10.9. The largest absolute Gasteiger partial charge is 0.493 e. The van der Waals surface area contributed by atoms with Crippen molar-refractivity contribution >= 4 is 23.5 Å². The molecule has 2 atom stereocenters. The molecule has 1 aliphatic carbocycles. The lowest BCUT2D eigenvalue weighted by Crippen LogP contribution is -2.42. The fourth-order valence-electron chi connectivity index (χ4n) is 5.42. The van der Waals surface area contributed by atoms with Gasteiger partial charge in [0.1, 0.15) is 6.04 Å². The standard InChI is InChI=1S/C32H43N3O8/c1-18(2)15-25(32(39)43-7)35-28(38)9-8-14-33-24-13-11-21-22(17-26(24)37)23(34-19(3)36)12-10-20-16-27(40-4)30(41-5)31(42-6)29(20)21/h11,13,16-18,23,25H,8-10,12,14-15H2,1-7H3,(H,33,37)(H,34,36)(H,35,38). The number of hydrogen-bond acceptors (Lipinski definition) is 9. The topological polar surface area (TPSA) is 141 Å². The first-order chi connectivity index (χ1) is 20.5. The minimum atomic E-state index is -0.697. The first-order valence-electron chi connectivity index (χ1n) is 14.4. The highest BCUT2D eigenvalue weighted by molar-refractivity contribution is 5.85. The Morgan fingerprint density at radius 3 is 2.33 bits per heavy atom. The number of carbonyl (C=O) groups is 3. The van der Waals surface area contributed by atoms with Crippen LogP contribution in [0.4, 0.5) is 5.69 Å². The smallest absolute Gasteiger partial charge is 0.328 e. The predicted octanol–water partition coefficient (Wildman–Crippen LogP) is 3.76. The molecule has 3 rings (SSSR count). The van der Waals surface area contributed by atoms with Crippen LogP contribution in [-0.2, 0) is 25.5 Å². The molecule has 2 unspecified atom stereocenters. The van der Waals surface area contributed by atoms with Gasteiger partial charge >= 0.3 is 5.97 Å². The summed E-state index contributed by atoms with van der Waals surface area (Å²) in [6.07, 6.45) is 2.24. The number of hydrogen-bond donors (Lipinski definition) is 3. The van der Waals surface area contributed by atoms with Crippen molar-refractivity contribution in [3.63, 3.8) is 0 Å². The predicted molar refractivity (Wildman–Crippen MR) is 164 cm³/mol. The molecule has 0 radical (unpaired) electrons. The average molecular weight is 598 g/mol. The van der Waals surface area contributed by atoms with E-state index in [0.29, 0.717) is 60.7 Å². The number of benzene rings is 1. The first-order valence-corrected chi connectivity index (χ1v) is 14.4. The maximum atomic E-state index is 13.4. The van der Waals surface area contributed by atoms with Gasteiger partial charge in [-0.3, -0.25) is 14.4 Å². The molecule has 1 aliphatic rings. The molecule has 2 aromatic rings. The molecule has 2 amide bonds. The van der Waals surface area contributed by atoms with Gasteiger partial charge in [0.2, 0.25) is 23.0 Å². The van der Waals surface area contributed by atoms with Crippen LogP contribution >= 0.6 is 0 Å². The van der Waals surface area contributed by atoms with E-state index in [4.69, 9.17) is 18.9 Å². The van der Waals surface area contributed by atoms with Crippen molar-refractivity contribution in [2.24, 2.45) is 5.92 Å². The van der Waals surface area contributed by atoms with Crippen molar-refractivity contribution in [2.45, 2.75) is 65.0 Å². The molecule has 0 aromatic heterocycles. The highest BCUT2D eigenvalue weighted by Gasteiger charge is 2.29. The van der Waals surface area contributed by atoms with Crippen molar-refractivity contribution in [2.75, 3.05) is 40.3 Å². The van der Waals surface area contributed by atoms with Crippen molar-refractivity contribution in [1.82, 2.24) is 10.6 Å². The van der Waals surface area contributed by atoms with Crippen LogP contribution in [0.2, 0.25) is 0 Å². The Bertz CT molecular complexity index is 1390. The molecule has 0 bridgehead atoms. The van der Waals surface area contributed by atoms with E-state index in [1.165, 1.54) is 21.1 Å². The van der Waals surface area contributed by atoms with E-state index in [-0.39, 0.29) is 29.6 Å². The van der Waals surface area contributed by atoms with Gasteiger partial charge in [0.05, 0.1) is 40.2 Å². The van der Waals surface area contributed by atoms with Gasteiger partial charge < -0.3 is 34.9 Å². The summed E-state index contributed by atoms with van der Waals surface area (Å²) in [4.78, 5) is 50.1. The summed E-state index contributed by atoms with van der Waals surface area (Å²) in [6.45, 7) is 5.73. The molecular weight excluding hydrogens is 554 g/mol. The van der Waals surface area contributed by atoms with Crippen LogP contribution in [0, 0.1) is 5.92 Å². The second-order valence-electron chi connectivity index (χ2n) is 10.9. The van der Waals surface area contributed by atoms with Gasteiger partial charge in [0, 0.05) is 25.5 Å². The van der Waals surface area contributed by atoms with Crippen LogP contribution in [0.15, 0.2) is 29.1 Å². The van der Waals surface area contributed by atoms with E-state index < -0.39 is 18.1 Å². The van der Waals surface area contributed by atoms with Crippen molar-refractivity contribution in [3.05, 3.63) is 45.6 Å². The van der Waals surface area contributed by atoms with Crippen LogP contribution in [0.25, 0.3) is 11.1 Å². The lowest BCUT2D eigenvalue weighted by Gasteiger charge is -2.19. The summed E-state index contributed by atoms with van der Waals surface area (Å²) in [7, 11) is 5.94. The van der Waals surface area contributed by atoms with E-state index in [9.17, 15) is 19.2 Å². The molecule has 0 heterocycles. The lowest BCUT2D eigenvalue weighted by molar-refractivity contribution is -0.145. The number of esters is 1.